The van der Waals surface area contributed by atoms with Crippen LogP contribution in [-0.4, -0.2) is 24.6 Å². The zero-order valence-corrected chi connectivity index (χ0v) is 17.7. The molecule has 0 aliphatic heterocycles. The summed E-state index contributed by atoms with van der Waals surface area (Å²) in [6, 6.07) is 7.10. The van der Waals surface area contributed by atoms with Gasteiger partial charge in [0.05, 0.1) is 11.4 Å². The summed E-state index contributed by atoms with van der Waals surface area (Å²) in [7, 11) is -3.61. The zero-order valence-electron chi connectivity index (χ0n) is 14.5. The normalized spacial score (nSPS) is 15.8. The van der Waals surface area contributed by atoms with E-state index in [1.54, 1.807) is 18.2 Å². The van der Waals surface area contributed by atoms with Crippen LogP contribution in [0, 0.1) is 0 Å². The quantitative estimate of drug-likeness (QED) is 0.686. The average molecular weight is 457 g/mol. The molecule has 0 bridgehead atoms. The first kappa shape index (κ1) is 19.5. The number of hydrogen-bond acceptors (Lipinski definition) is 5. The van der Waals surface area contributed by atoms with Crippen LogP contribution in [0.2, 0.25) is 0 Å². The van der Waals surface area contributed by atoms with Crippen LogP contribution in [-0.2, 0) is 33.2 Å². The van der Waals surface area contributed by atoms with Crippen molar-refractivity contribution in [1.82, 2.24) is 4.98 Å². The molecule has 1 amide bonds. The highest BCUT2D eigenvalue weighted by atomic mass is 79.9. The van der Waals surface area contributed by atoms with Gasteiger partial charge in [0, 0.05) is 9.35 Å². The Balaban J connectivity index is 1.69. The summed E-state index contributed by atoms with van der Waals surface area (Å²) in [6.07, 6.45) is 5.37. The van der Waals surface area contributed by atoms with E-state index in [9.17, 15) is 13.2 Å². The molecule has 8 heteroatoms. The third kappa shape index (κ3) is 4.72. The molecule has 1 heterocycles. The first-order valence-electron chi connectivity index (χ1n) is 8.60. The number of aromatic nitrogens is 1. The molecule has 0 saturated heterocycles. The molecule has 0 radical (unpaired) electrons. The Labute approximate surface area is 166 Å². The number of aryl methyl sites for hydroxylation is 2. The number of nitrogens with one attached hydrogen (secondary N) is 1. The topological polar surface area (TPSA) is 76.1 Å². The molecule has 1 atom stereocenters. The fraction of sp³-hybridized carbons (Fsp3) is 0.444. The van der Waals surface area contributed by atoms with Gasteiger partial charge in [-0.3, -0.25) is 4.79 Å². The van der Waals surface area contributed by atoms with Crippen LogP contribution < -0.4 is 5.32 Å². The third-order valence-corrected chi connectivity index (χ3v) is 8.08. The molecule has 5 nitrogen and oxygen atoms in total. The van der Waals surface area contributed by atoms with Gasteiger partial charge in [0.25, 0.3) is 0 Å². The van der Waals surface area contributed by atoms with E-state index in [0.717, 1.165) is 35.8 Å². The molecule has 1 aromatic carbocycles. The summed E-state index contributed by atoms with van der Waals surface area (Å²) >= 11 is 4.80. The fourth-order valence-corrected chi connectivity index (χ4v) is 5.72. The van der Waals surface area contributed by atoms with Gasteiger partial charge in [0.1, 0.15) is 5.25 Å². The van der Waals surface area contributed by atoms with Crippen LogP contribution in [0.5, 0.6) is 0 Å². The first-order valence-corrected chi connectivity index (χ1v) is 11.9. The number of anilines is 1. The molecule has 0 fully saturated rings. The van der Waals surface area contributed by atoms with Gasteiger partial charge in [-0.05, 0) is 50.3 Å². The van der Waals surface area contributed by atoms with E-state index in [1.807, 2.05) is 6.07 Å². The minimum atomic E-state index is -3.61. The monoisotopic (exact) mass is 456 g/mol. The lowest BCUT2D eigenvalue weighted by atomic mass is 10.2. The summed E-state index contributed by atoms with van der Waals surface area (Å²) in [4.78, 5) is 18.2. The summed E-state index contributed by atoms with van der Waals surface area (Å²) in [5.41, 5.74) is 1.70. The van der Waals surface area contributed by atoms with Crippen molar-refractivity contribution >= 4 is 48.1 Å². The number of carbonyl (C=O) groups excluding carboxylic acids is 1. The number of amides is 1. The van der Waals surface area contributed by atoms with Gasteiger partial charge in [-0.1, -0.05) is 34.5 Å². The van der Waals surface area contributed by atoms with Crippen molar-refractivity contribution in [2.45, 2.75) is 50.0 Å². The molecule has 26 heavy (non-hydrogen) atoms. The lowest BCUT2D eigenvalue weighted by Crippen LogP contribution is -2.33. The Morgan fingerprint density at radius 2 is 2.08 bits per heavy atom. The Hall–Kier alpha value is -1.25. The van der Waals surface area contributed by atoms with E-state index in [-0.39, 0.29) is 5.75 Å². The molecule has 1 aliphatic rings. The van der Waals surface area contributed by atoms with Crippen molar-refractivity contribution in [3.63, 3.8) is 0 Å². The summed E-state index contributed by atoms with van der Waals surface area (Å²) < 4.78 is 26.0. The molecule has 3 rings (SSSR count). The molecule has 1 aromatic heterocycles. The Kier molecular flexibility index (Phi) is 6.14. The van der Waals surface area contributed by atoms with Gasteiger partial charge < -0.3 is 5.32 Å². The Morgan fingerprint density at radius 3 is 2.85 bits per heavy atom. The summed E-state index contributed by atoms with van der Waals surface area (Å²) in [5.74, 6) is -0.695. The standard InChI is InChI=1S/C18H21BrN2O3S2/c1-12(26(23,24)11-13-6-5-7-14(19)10-13)17(22)21-18-20-15-8-3-2-4-9-16(15)25-18/h5-7,10,12H,2-4,8-9,11H2,1H3,(H,20,21,22)/t12-/m0/s1. The molecule has 2 aromatic rings. The number of hydrogen-bond donors (Lipinski definition) is 1. The van der Waals surface area contributed by atoms with Crippen molar-refractivity contribution in [2.24, 2.45) is 0 Å². The predicted molar refractivity (Wildman–Crippen MR) is 108 cm³/mol. The second-order valence-electron chi connectivity index (χ2n) is 6.52. The van der Waals surface area contributed by atoms with Gasteiger partial charge in [-0.25, -0.2) is 13.4 Å². The number of sulfone groups is 1. The second kappa shape index (κ2) is 8.19. The van der Waals surface area contributed by atoms with Gasteiger partial charge in [0.2, 0.25) is 5.91 Å². The fourth-order valence-electron chi connectivity index (χ4n) is 2.94. The van der Waals surface area contributed by atoms with Crippen molar-refractivity contribution in [1.29, 1.82) is 0 Å². The SMILES string of the molecule is C[C@@H](C(=O)Nc1nc2c(s1)CCCCC2)S(=O)(=O)Cc1cccc(Br)c1. The van der Waals surface area contributed by atoms with Crippen LogP contribution in [0.15, 0.2) is 28.7 Å². The molecule has 0 saturated carbocycles. The highest BCUT2D eigenvalue weighted by Gasteiger charge is 2.29. The summed E-state index contributed by atoms with van der Waals surface area (Å²) in [5, 5.41) is 2.07. The van der Waals surface area contributed by atoms with E-state index in [1.165, 1.54) is 29.6 Å². The smallest absolute Gasteiger partial charge is 0.244 e. The maximum absolute atomic E-state index is 12.6. The van der Waals surface area contributed by atoms with Gasteiger partial charge >= 0.3 is 0 Å². The molecule has 0 unspecified atom stereocenters. The second-order valence-corrected chi connectivity index (χ2v) is 10.8. The number of nitrogens with zero attached hydrogens (tertiary/aromatic N) is 1. The van der Waals surface area contributed by atoms with Crippen molar-refractivity contribution in [2.75, 3.05) is 5.32 Å². The van der Waals surface area contributed by atoms with E-state index in [2.05, 4.69) is 26.2 Å². The van der Waals surface area contributed by atoms with Crippen molar-refractivity contribution in [3.8, 4) is 0 Å². The van der Waals surface area contributed by atoms with Crippen LogP contribution >= 0.6 is 27.3 Å². The average Bonchev–Trinajstić information content (AvgIpc) is 2.82. The maximum Gasteiger partial charge on any atom is 0.244 e. The largest absolute Gasteiger partial charge is 0.301 e. The molecular weight excluding hydrogens is 436 g/mol. The number of rotatable bonds is 5. The van der Waals surface area contributed by atoms with Crippen LogP contribution in [0.3, 0.4) is 0 Å². The minimum absolute atomic E-state index is 0.171. The van der Waals surface area contributed by atoms with E-state index >= 15 is 0 Å². The Bertz CT molecular complexity index is 885. The number of benzene rings is 1. The van der Waals surface area contributed by atoms with Gasteiger partial charge in [0.15, 0.2) is 15.0 Å². The lowest BCUT2D eigenvalue weighted by Gasteiger charge is -2.12. The van der Waals surface area contributed by atoms with E-state index < -0.39 is 21.0 Å². The van der Waals surface area contributed by atoms with Crippen LogP contribution in [0.1, 0.15) is 42.3 Å². The first-order chi connectivity index (χ1) is 12.3. The zero-order chi connectivity index (χ0) is 18.7. The van der Waals surface area contributed by atoms with Crippen molar-refractivity contribution in [3.05, 3.63) is 44.9 Å². The minimum Gasteiger partial charge on any atom is -0.301 e. The highest BCUT2D eigenvalue weighted by Crippen LogP contribution is 2.29. The van der Waals surface area contributed by atoms with Gasteiger partial charge in [-0.15, -0.1) is 11.3 Å². The molecule has 140 valence electrons. The third-order valence-electron chi connectivity index (χ3n) is 4.49. The number of halogens is 1. The predicted octanol–water partition coefficient (Wildman–Crippen LogP) is 4.12. The van der Waals surface area contributed by atoms with Crippen molar-refractivity contribution < 1.29 is 13.2 Å². The van der Waals surface area contributed by atoms with E-state index in [4.69, 9.17) is 0 Å². The van der Waals surface area contributed by atoms with Crippen LogP contribution in [0.25, 0.3) is 0 Å². The molecular formula is C18H21BrN2O3S2. The van der Waals surface area contributed by atoms with Crippen LogP contribution in [0.4, 0.5) is 5.13 Å². The van der Waals surface area contributed by atoms with Gasteiger partial charge in [-0.2, -0.15) is 0 Å². The number of fused-ring (bicyclic) bond motifs is 1. The highest BCUT2D eigenvalue weighted by molar-refractivity contribution is 9.10. The van der Waals surface area contributed by atoms with E-state index in [0.29, 0.717) is 10.7 Å². The lowest BCUT2D eigenvalue weighted by molar-refractivity contribution is -0.115. The molecule has 1 N–H and O–H groups in total. The molecule has 1 aliphatic carbocycles. The maximum atomic E-state index is 12.6. The molecule has 0 spiro atoms. The number of thiazole rings is 1. The number of carbonyl (C=O) groups is 1. The summed E-state index contributed by atoms with van der Waals surface area (Å²) in [6.45, 7) is 1.43. The Morgan fingerprint density at radius 1 is 1.31 bits per heavy atom.